The number of thioether (sulfide) groups is 1. The molecule has 3 aromatic carbocycles. The van der Waals surface area contributed by atoms with E-state index in [0.29, 0.717) is 46.8 Å². The first-order chi connectivity index (χ1) is 18.4. The van der Waals surface area contributed by atoms with E-state index in [1.54, 1.807) is 55.5 Å². The molecule has 3 aromatic rings. The second-order valence-corrected chi connectivity index (χ2v) is 9.53. The summed E-state index contributed by atoms with van der Waals surface area (Å²) in [6.45, 7) is 0.339. The van der Waals surface area contributed by atoms with Crippen molar-refractivity contribution in [3.05, 3.63) is 78.1 Å². The summed E-state index contributed by atoms with van der Waals surface area (Å²) in [5.74, 6) is 0.832. The normalized spacial score (nSPS) is 16.0. The maximum Gasteiger partial charge on any atom is 0.242 e. The van der Waals surface area contributed by atoms with Gasteiger partial charge in [-0.1, -0.05) is 30.0 Å². The van der Waals surface area contributed by atoms with Crippen LogP contribution in [0.2, 0.25) is 0 Å². The van der Waals surface area contributed by atoms with Crippen LogP contribution in [0.4, 0.5) is 15.8 Å². The van der Waals surface area contributed by atoms with Gasteiger partial charge in [0, 0.05) is 13.0 Å². The molecule has 0 radical (unpaired) electrons. The SMILES string of the molecule is COc1ccccc1NC(=O)CC1SC(=Nc2ccc(F)cc2)N(CCc2ccc(OC)c(OC)c2)C1=O. The Morgan fingerprint density at radius 1 is 0.974 bits per heavy atom. The maximum atomic E-state index is 13.4. The van der Waals surface area contributed by atoms with E-state index in [4.69, 9.17) is 14.2 Å². The molecule has 1 atom stereocenters. The lowest BCUT2D eigenvalue weighted by Crippen LogP contribution is -2.35. The maximum absolute atomic E-state index is 13.4. The van der Waals surface area contributed by atoms with E-state index < -0.39 is 5.25 Å². The second-order valence-electron chi connectivity index (χ2n) is 8.36. The van der Waals surface area contributed by atoms with Gasteiger partial charge in [-0.15, -0.1) is 0 Å². The van der Waals surface area contributed by atoms with Crippen molar-refractivity contribution in [1.82, 2.24) is 4.90 Å². The minimum absolute atomic E-state index is 0.0448. The number of ether oxygens (including phenoxy) is 3. The first kappa shape index (κ1) is 27.0. The third kappa shape index (κ3) is 6.44. The molecular formula is C28H28FN3O5S. The molecule has 1 aliphatic heterocycles. The molecule has 10 heteroatoms. The molecule has 0 aliphatic carbocycles. The van der Waals surface area contributed by atoms with Crippen molar-refractivity contribution < 1.29 is 28.2 Å². The number of carbonyl (C=O) groups excluding carboxylic acids is 2. The molecule has 0 aromatic heterocycles. The topological polar surface area (TPSA) is 89.5 Å². The smallest absolute Gasteiger partial charge is 0.242 e. The lowest BCUT2D eigenvalue weighted by molar-refractivity contribution is -0.128. The summed E-state index contributed by atoms with van der Waals surface area (Å²) < 4.78 is 29.4. The largest absolute Gasteiger partial charge is 0.495 e. The molecule has 1 unspecified atom stereocenters. The zero-order chi connectivity index (χ0) is 27.1. The predicted octanol–water partition coefficient (Wildman–Crippen LogP) is 5.05. The van der Waals surface area contributed by atoms with Crippen LogP contribution in [0.25, 0.3) is 0 Å². The van der Waals surface area contributed by atoms with Crippen LogP contribution in [0.3, 0.4) is 0 Å². The van der Waals surface area contributed by atoms with Gasteiger partial charge in [0.15, 0.2) is 16.7 Å². The highest BCUT2D eigenvalue weighted by molar-refractivity contribution is 8.15. The highest BCUT2D eigenvalue weighted by atomic mass is 32.2. The Kier molecular flexibility index (Phi) is 8.85. The molecule has 8 nitrogen and oxygen atoms in total. The lowest BCUT2D eigenvalue weighted by Gasteiger charge is -2.17. The number of amides is 2. The first-order valence-electron chi connectivity index (χ1n) is 11.9. The summed E-state index contributed by atoms with van der Waals surface area (Å²) in [6, 6.07) is 18.4. The van der Waals surface area contributed by atoms with E-state index in [0.717, 1.165) is 5.56 Å². The fraction of sp³-hybridized carbons (Fsp3) is 0.250. The van der Waals surface area contributed by atoms with Crippen LogP contribution < -0.4 is 19.5 Å². The van der Waals surface area contributed by atoms with Gasteiger partial charge in [0.25, 0.3) is 0 Å². The molecule has 4 rings (SSSR count). The standard InChI is InChI=1S/C28H28FN3O5S/c1-35-22-7-5-4-6-21(22)31-26(33)17-25-27(34)32(28(38-25)30-20-11-9-19(29)10-12-20)15-14-18-8-13-23(36-2)24(16-18)37-3/h4-13,16,25H,14-15,17H2,1-3H3,(H,31,33). The minimum atomic E-state index is -0.658. The van der Waals surface area contributed by atoms with E-state index in [1.165, 1.54) is 31.0 Å². The Hall–Kier alpha value is -4.05. The summed E-state index contributed by atoms with van der Waals surface area (Å²) in [5.41, 5.74) is 1.98. The highest BCUT2D eigenvalue weighted by Gasteiger charge is 2.39. The Morgan fingerprint density at radius 2 is 1.68 bits per heavy atom. The van der Waals surface area contributed by atoms with Crippen LogP contribution in [-0.4, -0.2) is 55.0 Å². The molecule has 1 heterocycles. The highest BCUT2D eigenvalue weighted by Crippen LogP contribution is 2.33. The molecule has 0 bridgehead atoms. The quantitative estimate of drug-likeness (QED) is 0.389. The van der Waals surface area contributed by atoms with Gasteiger partial charge < -0.3 is 19.5 Å². The van der Waals surface area contributed by atoms with Crippen molar-refractivity contribution >= 4 is 40.1 Å². The van der Waals surface area contributed by atoms with Crippen LogP contribution >= 0.6 is 11.8 Å². The van der Waals surface area contributed by atoms with E-state index in [9.17, 15) is 14.0 Å². The van der Waals surface area contributed by atoms with Crippen molar-refractivity contribution in [3.8, 4) is 17.2 Å². The third-order valence-electron chi connectivity index (χ3n) is 5.90. The van der Waals surface area contributed by atoms with Crippen molar-refractivity contribution in [2.24, 2.45) is 4.99 Å². The summed E-state index contributed by atoms with van der Waals surface area (Å²) in [5, 5.41) is 2.62. The molecule has 38 heavy (non-hydrogen) atoms. The van der Waals surface area contributed by atoms with Crippen LogP contribution in [0.1, 0.15) is 12.0 Å². The molecule has 1 aliphatic rings. The third-order valence-corrected chi connectivity index (χ3v) is 7.07. The fourth-order valence-electron chi connectivity index (χ4n) is 3.95. The van der Waals surface area contributed by atoms with Crippen molar-refractivity contribution in [3.63, 3.8) is 0 Å². The number of halogens is 1. The zero-order valence-corrected chi connectivity index (χ0v) is 22.1. The molecule has 0 spiro atoms. The van der Waals surface area contributed by atoms with Gasteiger partial charge in [0.05, 0.1) is 32.7 Å². The number of methoxy groups -OCH3 is 3. The number of hydrogen-bond acceptors (Lipinski definition) is 7. The number of benzene rings is 3. The number of nitrogens with one attached hydrogen (secondary N) is 1. The Balaban J connectivity index is 1.52. The Morgan fingerprint density at radius 3 is 2.39 bits per heavy atom. The summed E-state index contributed by atoms with van der Waals surface area (Å²) >= 11 is 1.22. The number of rotatable bonds is 10. The summed E-state index contributed by atoms with van der Waals surface area (Å²) in [6.07, 6.45) is 0.478. The van der Waals surface area contributed by atoms with Gasteiger partial charge in [-0.3, -0.25) is 14.5 Å². The fourth-order valence-corrected chi connectivity index (χ4v) is 5.14. The zero-order valence-electron chi connectivity index (χ0n) is 21.3. The molecule has 2 amide bonds. The number of hydrogen-bond donors (Lipinski definition) is 1. The summed E-state index contributed by atoms with van der Waals surface area (Å²) in [4.78, 5) is 32.4. The van der Waals surface area contributed by atoms with E-state index in [-0.39, 0.29) is 24.1 Å². The predicted molar refractivity (Wildman–Crippen MR) is 146 cm³/mol. The monoisotopic (exact) mass is 537 g/mol. The molecule has 1 N–H and O–H groups in total. The number of nitrogens with zero attached hydrogens (tertiary/aromatic N) is 2. The van der Waals surface area contributed by atoms with Crippen LogP contribution in [-0.2, 0) is 16.0 Å². The number of carbonyl (C=O) groups is 2. The number of para-hydroxylation sites is 2. The Labute approximate surface area is 224 Å². The van der Waals surface area contributed by atoms with E-state index in [1.807, 2.05) is 18.2 Å². The van der Waals surface area contributed by atoms with Crippen molar-refractivity contribution in [2.75, 3.05) is 33.2 Å². The van der Waals surface area contributed by atoms with Crippen molar-refractivity contribution in [1.29, 1.82) is 0 Å². The number of anilines is 1. The van der Waals surface area contributed by atoms with E-state index >= 15 is 0 Å². The summed E-state index contributed by atoms with van der Waals surface area (Å²) in [7, 11) is 4.66. The number of amidine groups is 1. The average Bonchev–Trinajstić information content (AvgIpc) is 3.21. The minimum Gasteiger partial charge on any atom is -0.495 e. The van der Waals surface area contributed by atoms with Gasteiger partial charge in [-0.25, -0.2) is 9.38 Å². The molecule has 1 fully saturated rings. The van der Waals surface area contributed by atoms with Crippen LogP contribution in [0, 0.1) is 5.82 Å². The molecule has 198 valence electrons. The van der Waals surface area contributed by atoms with Gasteiger partial charge in [-0.2, -0.15) is 0 Å². The first-order valence-corrected chi connectivity index (χ1v) is 12.8. The Bertz CT molecular complexity index is 1330. The molecule has 0 saturated carbocycles. The van der Waals surface area contributed by atoms with Gasteiger partial charge in [-0.05, 0) is 60.5 Å². The van der Waals surface area contributed by atoms with E-state index in [2.05, 4.69) is 10.3 Å². The molecular weight excluding hydrogens is 509 g/mol. The van der Waals surface area contributed by atoms with Gasteiger partial charge in [0.1, 0.15) is 16.8 Å². The van der Waals surface area contributed by atoms with Gasteiger partial charge in [0.2, 0.25) is 11.8 Å². The van der Waals surface area contributed by atoms with Crippen molar-refractivity contribution in [2.45, 2.75) is 18.1 Å². The number of aliphatic imine (C=N–C) groups is 1. The average molecular weight is 538 g/mol. The van der Waals surface area contributed by atoms with Gasteiger partial charge >= 0.3 is 0 Å². The van der Waals surface area contributed by atoms with Crippen LogP contribution in [0.15, 0.2) is 71.7 Å². The van der Waals surface area contributed by atoms with Crippen LogP contribution in [0.5, 0.6) is 17.2 Å². The lowest BCUT2D eigenvalue weighted by atomic mass is 10.1. The molecule has 1 saturated heterocycles. The second kappa shape index (κ2) is 12.5.